The van der Waals surface area contributed by atoms with Crippen LogP contribution in [-0.4, -0.2) is 18.5 Å². The standard InChI is InChI=1S/C19H19Br2NO4/c1-11(2)7-8-25-19(24)26-14-5-3-12(4-6-14)18(23)13-9-15(20)17(22)16(21)10-13/h3-6,9-11H,7-8,22H2,1-2H3. The first-order valence-electron chi connectivity index (χ1n) is 8.01. The predicted molar refractivity (Wildman–Crippen MR) is 108 cm³/mol. The van der Waals surface area contributed by atoms with Crippen LogP contribution < -0.4 is 10.5 Å². The summed E-state index contributed by atoms with van der Waals surface area (Å²) in [6, 6.07) is 9.63. The van der Waals surface area contributed by atoms with E-state index in [-0.39, 0.29) is 5.78 Å². The highest BCUT2D eigenvalue weighted by Crippen LogP contribution is 2.30. The molecular weight excluding hydrogens is 466 g/mol. The fourth-order valence-corrected chi connectivity index (χ4v) is 3.25. The molecular formula is C19H19Br2NO4. The second-order valence-corrected chi connectivity index (χ2v) is 7.80. The smallest absolute Gasteiger partial charge is 0.434 e. The van der Waals surface area contributed by atoms with Gasteiger partial charge in [-0.25, -0.2) is 4.79 Å². The number of ketones is 1. The third-order valence-electron chi connectivity index (χ3n) is 3.57. The molecule has 2 aromatic carbocycles. The number of anilines is 1. The van der Waals surface area contributed by atoms with E-state index in [1.807, 2.05) is 13.8 Å². The Morgan fingerprint density at radius 2 is 1.62 bits per heavy atom. The van der Waals surface area contributed by atoms with Crippen LogP contribution in [0, 0.1) is 5.92 Å². The Balaban J connectivity index is 2.02. The van der Waals surface area contributed by atoms with Crippen LogP contribution >= 0.6 is 31.9 Å². The molecule has 0 unspecified atom stereocenters. The largest absolute Gasteiger partial charge is 0.513 e. The van der Waals surface area contributed by atoms with Crippen LogP contribution in [0.25, 0.3) is 0 Å². The van der Waals surface area contributed by atoms with Crippen molar-refractivity contribution in [1.82, 2.24) is 0 Å². The molecule has 2 aromatic rings. The molecule has 0 aliphatic carbocycles. The first-order chi connectivity index (χ1) is 12.3. The molecule has 0 saturated heterocycles. The highest BCUT2D eigenvalue weighted by Gasteiger charge is 2.14. The molecule has 0 aliphatic heterocycles. The number of nitrogens with two attached hydrogens (primary N) is 1. The van der Waals surface area contributed by atoms with Gasteiger partial charge < -0.3 is 15.2 Å². The van der Waals surface area contributed by atoms with E-state index >= 15 is 0 Å². The number of rotatable bonds is 6. The minimum atomic E-state index is -0.754. The van der Waals surface area contributed by atoms with Crippen molar-refractivity contribution in [3.05, 3.63) is 56.5 Å². The average molecular weight is 485 g/mol. The summed E-state index contributed by atoms with van der Waals surface area (Å²) in [5, 5.41) is 0. The topological polar surface area (TPSA) is 78.6 Å². The minimum Gasteiger partial charge on any atom is -0.434 e. The number of nitrogen functional groups attached to an aromatic ring is 1. The second-order valence-electron chi connectivity index (χ2n) is 6.09. The summed E-state index contributed by atoms with van der Waals surface area (Å²) in [6.45, 7) is 4.40. The quantitative estimate of drug-likeness (QED) is 0.250. The second kappa shape index (κ2) is 9.19. The van der Waals surface area contributed by atoms with Crippen LogP contribution in [0.2, 0.25) is 0 Å². The molecule has 138 valence electrons. The Morgan fingerprint density at radius 1 is 1.04 bits per heavy atom. The molecule has 0 atom stereocenters. The maximum absolute atomic E-state index is 12.6. The number of ether oxygens (including phenoxy) is 2. The van der Waals surface area contributed by atoms with Crippen LogP contribution in [0.4, 0.5) is 10.5 Å². The predicted octanol–water partition coefficient (Wildman–Crippen LogP) is 5.59. The summed E-state index contributed by atoms with van der Waals surface area (Å²) >= 11 is 6.65. The molecule has 5 nitrogen and oxygen atoms in total. The normalized spacial score (nSPS) is 10.7. The summed E-state index contributed by atoms with van der Waals surface area (Å²) in [5.74, 6) is 0.592. The molecule has 0 bridgehead atoms. The first kappa shape index (κ1) is 20.5. The monoisotopic (exact) mass is 483 g/mol. The van der Waals surface area contributed by atoms with Crippen LogP contribution in [0.5, 0.6) is 5.75 Å². The molecule has 0 aliphatic rings. The number of hydrogen-bond donors (Lipinski definition) is 1. The van der Waals surface area contributed by atoms with E-state index in [9.17, 15) is 9.59 Å². The molecule has 2 N–H and O–H groups in total. The van der Waals surface area contributed by atoms with E-state index < -0.39 is 6.16 Å². The van der Waals surface area contributed by atoms with Gasteiger partial charge in [0.05, 0.1) is 12.3 Å². The molecule has 2 rings (SSSR count). The van der Waals surface area contributed by atoms with E-state index in [2.05, 4.69) is 31.9 Å². The Labute approximate surface area is 169 Å². The third kappa shape index (κ3) is 5.57. The van der Waals surface area contributed by atoms with E-state index in [0.29, 0.717) is 44.0 Å². The Morgan fingerprint density at radius 3 is 2.15 bits per heavy atom. The van der Waals surface area contributed by atoms with Gasteiger partial charge in [0.15, 0.2) is 5.78 Å². The van der Waals surface area contributed by atoms with Gasteiger partial charge in [0.25, 0.3) is 0 Å². The van der Waals surface area contributed by atoms with Gasteiger partial charge in [-0.15, -0.1) is 0 Å². The van der Waals surface area contributed by atoms with Gasteiger partial charge in [-0.1, -0.05) is 13.8 Å². The van der Waals surface area contributed by atoms with E-state index in [4.69, 9.17) is 15.2 Å². The van der Waals surface area contributed by atoms with Crippen LogP contribution in [0.1, 0.15) is 36.2 Å². The van der Waals surface area contributed by atoms with E-state index in [1.54, 1.807) is 36.4 Å². The Hall–Kier alpha value is -1.86. The molecule has 0 fully saturated rings. The van der Waals surface area contributed by atoms with Gasteiger partial charge >= 0.3 is 6.16 Å². The zero-order valence-electron chi connectivity index (χ0n) is 14.4. The lowest BCUT2D eigenvalue weighted by Gasteiger charge is -2.09. The van der Waals surface area contributed by atoms with Gasteiger partial charge in [0.2, 0.25) is 0 Å². The third-order valence-corrected chi connectivity index (χ3v) is 4.89. The van der Waals surface area contributed by atoms with Crippen molar-refractivity contribution in [2.75, 3.05) is 12.3 Å². The summed E-state index contributed by atoms with van der Waals surface area (Å²) in [4.78, 5) is 24.2. The van der Waals surface area contributed by atoms with Crippen molar-refractivity contribution < 1.29 is 19.1 Å². The van der Waals surface area contributed by atoms with Crippen molar-refractivity contribution in [2.45, 2.75) is 20.3 Å². The van der Waals surface area contributed by atoms with Crippen molar-refractivity contribution in [2.24, 2.45) is 5.92 Å². The van der Waals surface area contributed by atoms with Crippen LogP contribution in [0.3, 0.4) is 0 Å². The fourth-order valence-electron chi connectivity index (χ4n) is 2.06. The molecule has 0 radical (unpaired) electrons. The van der Waals surface area contributed by atoms with Crippen LogP contribution in [0.15, 0.2) is 45.3 Å². The Bertz CT molecular complexity index is 781. The van der Waals surface area contributed by atoms with Crippen molar-refractivity contribution in [3.8, 4) is 5.75 Å². The van der Waals surface area contributed by atoms with Crippen LogP contribution in [-0.2, 0) is 4.74 Å². The van der Waals surface area contributed by atoms with Crippen molar-refractivity contribution in [3.63, 3.8) is 0 Å². The summed E-state index contributed by atoms with van der Waals surface area (Å²) in [6.07, 6.45) is 0.0195. The summed E-state index contributed by atoms with van der Waals surface area (Å²) < 4.78 is 11.4. The summed E-state index contributed by atoms with van der Waals surface area (Å²) in [5.41, 5.74) is 7.32. The number of carbonyl (C=O) groups excluding carboxylic acids is 2. The highest BCUT2D eigenvalue weighted by atomic mass is 79.9. The first-order valence-corrected chi connectivity index (χ1v) is 9.60. The molecule has 0 spiro atoms. The fraction of sp³-hybridized carbons (Fsp3) is 0.263. The lowest BCUT2D eigenvalue weighted by molar-refractivity contribution is 0.0949. The molecule has 0 saturated carbocycles. The number of carbonyl (C=O) groups is 2. The van der Waals surface area contributed by atoms with E-state index in [0.717, 1.165) is 6.42 Å². The number of halogens is 2. The Kier molecular flexibility index (Phi) is 7.23. The molecule has 0 amide bonds. The average Bonchev–Trinajstić information content (AvgIpc) is 2.59. The van der Waals surface area contributed by atoms with Gasteiger partial charge in [0.1, 0.15) is 5.75 Å². The molecule has 0 heterocycles. The van der Waals surface area contributed by atoms with Gasteiger partial charge in [-0.3, -0.25) is 4.79 Å². The lowest BCUT2D eigenvalue weighted by atomic mass is 10.0. The highest BCUT2D eigenvalue weighted by molar-refractivity contribution is 9.11. The van der Waals surface area contributed by atoms with Gasteiger partial charge in [-0.05, 0) is 80.6 Å². The maximum atomic E-state index is 12.6. The van der Waals surface area contributed by atoms with Gasteiger partial charge in [-0.2, -0.15) is 0 Å². The van der Waals surface area contributed by atoms with Gasteiger partial charge in [0, 0.05) is 20.1 Å². The zero-order valence-corrected chi connectivity index (χ0v) is 17.6. The molecule has 7 heteroatoms. The SMILES string of the molecule is CC(C)CCOC(=O)Oc1ccc(C(=O)c2cc(Br)c(N)c(Br)c2)cc1. The van der Waals surface area contributed by atoms with Crippen molar-refractivity contribution >= 4 is 49.5 Å². The number of benzene rings is 2. The summed E-state index contributed by atoms with van der Waals surface area (Å²) in [7, 11) is 0. The molecule has 26 heavy (non-hydrogen) atoms. The minimum absolute atomic E-state index is 0.169. The molecule has 0 aromatic heterocycles. The number of hydrogen-bond acceptors (Lipinski definition) is 5. The van der Waals surface area contributed by atoms with E-state index in [1.165, 1.54) is 0 Å². The maximum Gasteiger partial charge on any atom is 0.513 e. The van der Waals surface area contributed by atoms with Crippen molar-refractivity contribution in [1.29, 1.82) is 0 Å². The zero-order chi connectivity index (χ0) is 19.3. The lowest BCUT2D eigenvalue weighted by Crippen LogP contribution is -2.12.